The van der Waals surface area contributed by atoms with Gasteiger partial charge in [-0.2, -0.15) is 5.26 Å². The van der Waals surface area contributed by atoms with Crippen LogP contribution >= 0.6 is 11.8 Å². The van der Waals surface area contributed by atoms with Gasteiger partial charge in [-0.1, -0.05) is 41.6 Å². The molecule has 166 valence electrons. The van der Waals surface area contributed by atoms with E-state index in [9.17, 15) is 13.2 Å². The second-order valence-corrected chi connectivity index (χ2v) is 9.91. The minimum atomic E-state index is -3.55. The zero-order valence-electron chi connectivity index (χ0n) is 17.8. The fourth-order valence-electron chi connectivity index (χ4n) is 2.85. The molecule has 3 aromatic rings. The molecule has 0 aliphatic heterocycles. The van der Waals surface area contributed by atoms with Gasteiger partial charge in [-0.25, -0.2) is 8.42 Å². The van der Waals surface area contributed by atoms with Crippen molar-refractivity contribution in [1.82, 2.24) is 14.8 Å². The lowest BCUT2D eigenvalue weighted by Gasteiger charge is -2.22. The van der Waals surface area contributed by atoms with Crippen LogP contribution in [0.1, 0.15) is 17.0 Å². The number of anilines is 2. The molecule has 0 unspecified atom stereocenters. The number of nitriles is 1. The Morgan fingerprint density at radius 3 is 2.53 bits per heavy atom. The summed E-state index contributed by atoms with van der Waals surface area (Å²) in [5.74, 6) is 0.202. The lowest BCUT2D eigenvalue weighted by Crippen LogP contribution is -2.30. The Morgan fingerprint density at radius 1 is 1.19 bits per heavy atom. The van der Waals surface area contributed by atoms with Crippen LogP contribution in [-0.2, 0) is 28.4 Å². The first-order valence-corrected chi connectivity index (χ1v) is 12.4. The van der Waals surface area contributed by atoms with Crippen molar-refractivity contribution in [2.45, 2.75) is 18.6 Å². The normalized spacial score (nSPS) is 11.1. The van der Waals surface area contributed by atoms with Crippen LogP contribution in [0, 0.1) is 18.3 Å². The number of rotatable bonds is 8. The smallest absolute Gasteiger partial charge is 0.234 e. The Labute approximate surface area is 191 Å². The molecule has 1 aromatic heterocycles. The molecular formula is C21H22N6O3S2. The fourth-order valence-corrected chi connectivity index (χ4v) is 4.44. The number of nitrogens with zero attached hydrogens (tertiary/aromatic N) is 5. The summed E-state index contributed by atoms with van der Waals surface area (Å²) in [5.41, 5.74) is 2.38. The number of aromatic nitrogens is 3. The van der Waals surface area contributed by atoms with E-state index in [1.807, 2.05) is 25.1 Å². The maximum atomic E-state index is 12.4. The molecule has 0 atom stereocenters. The number of nitrogens with one attached hydrogen (secondary N) is 1. The van der Waals surface area contributed by atoms with Gasteiger partial charge in [0.2, 0.25) is 15.9 Å². The van der Waals surface area contributed by atoms with Crippen LogP contribution < -0.4 is 9.62 Å². The zero-order valence-corrected chi connectivity index (χ0v) is 19.4. The van der Waals surface area contributed by atoms with Gasteiger partial charge in [-0.05, 0) is 31.2 Å². The molecule has 0 spiro atoms. The van der Waals surface area contributed by atoms with E-state index in [0.29, 0.717) is 27.9 Å². The second kappa shape index (κ2) is 9.84. The van der Waals surface area contributed by atoms with Crippen molar-refractivity contribution in [1.29, 1.82) is 5.26 Å². The molecule has 0 radical (unpaired) electrons. The molecular weight excluding hydrogens is 448 g/mol. The molecule has 0 aliphatic carbocycles. The van der Waals surface area contributed by atoms with E-state index in [-0.39, 0.29) is 18.2 Å². The van der Waals surface area contributed by atoms with Crippen molar-refractivity contribution < 1.29 is 13.2 Å². The summed E-state index contributed by atoms with van der Waals surface area (Å²) in [4.78, 5) is 12.3. The molecule has 0 fully saturated rings. The molecule has 1 heterocycles. The van der Waals surface area contributed by atoms with E-state index in [1.54, 1.807) is 48.0 Å². The van der Waals surface area contributed by atoms with Crippen LogP contribution in [0.3, 0.4) is 0 Å². The highest BCUT2D eigenvalue weighted by Crippen LogP contribution is 2.23. The van der Waals surface area contributed by atoms with E-state index in [1.165, 1.54) is 16.1 Å². The number of carbonyl (C=O) groups excluding carboxylic acids is 1. The molecule has 9 nitrogen and oxygen atoms in total. The zero-order chi connectivity index (χ0) is 23.3. The molecule has 2 aromatic carbocycles. The predicted molar refractivity (Wildman–Crippen MR) is 124 cm³/mol. The molecule has 0 saturated carbocycles. The van der Waals surface area contributed by atoms with E-state index in [2.05, 4.69) is 15.5 Å². The summed E-state index contributed by atoms with van der Waals surface area (Å²) < 4.78 is 27.7. The number of amides is 1. The Morgan fingerprint density at radius 2 is 1.88 bits per heavy atom. The third-order valence-electron chi connectivity index (χ3n) is 4.59. The lowest BCUT2D eigenvalue weighted by molar-refractivity contribution is -0.113. The molecule has 0 saturated heterocycles. The average Bonchev–Trinajstić information content (AvgIpc) is 3.10. The summed E-state index contributed by atoms with van der Waals surface area (Å²) in [6, 6.07) is 15.9. The fraction of sp³-hybridized carbons (Fsp3) is 0.238. The van der Waals surface area contributed by atoms with Crippen molar-refractivity contribution in [2.75, 3.05) is 21.6 Å². The van der Waals surface area contributed by atoms with Gasteiger partial charge >= 0.3 is 0 Å². The number of benzene rings is 2. The van der Waals surface area contributed by atoms with Gasteiger partial charge in [-0.3, -0.25) is 9.10 Å². The van der Waals surface area contributed by atoms with Crippen LogP contribution in [-0.4, -0.2) is 41.1 Å². The first-order chi connectivity index (χ1) is 15.2. The highest BCUT2D eigenvalue weighted by molar-refractivity contribution is 7.99. The highest BCUT2D eigenvalue weighted by atomic mass is 32.2. The largest absolute Gasteiger partial charge is 0.324 e. The van der Waals surface area contributed by atoms with E-state index < -0.39 is 10.0 Å². The second-order valence-electron chi connectivity index (χ2n) is 7.06. The first-order valence-electron chi connectivity index (χ1n) is 9.53. The highest BCUT2D eigenvalue weighted by Gasteiger charge is 2.21. The number of hydrogen-bond donors (Lipinski definition) is 1. The van der Waals surface area contributed by atoms with E-state index in [0.717, 1.165) is 11.8 Å². The lowest BCUT2D eigenvalue weighted by atomic mass is 10.2. The van der Waals surface area contributed by atoms with E-state index in [4.69, 9.17) is 5.26 Å². The standard InChI is InChI=1S/C21H22N6O3S2/c1-15-8-10-17(11-9-15)27(32(3,29)30)13-19-24-25-21(26(19)2)31-14-20(28)23-18-7-5-4-6-16(18)12-22/h4-11H,13-14H2,1-3H3,(H,23,28). The number of sulfonamides is 1. The minimum absolute atomic E-state index is 0.00763. The third-order valence-corrected chi connectivity index (χ3v) is 6.75. The van der Waals surface area contributed by atoms with Gasteiger partial charge in [-0.15, -0.1) is 10.2 Å². The van der Waals surface area contributed by atoms with Gasteiger partial charge in [0.05, 0.1) is 35.5 Å². The number of para-hydroxylation sites is 1. The molecule has 0 aliphatic rings. The molecule has 0 bridgehead atoms. The molecule has 32 heavy (non-hydrogen) atoms. The van der Waals surface area contributed by atoms with Crippen LogP contribution in [0.15, 0.2) is 53.7 Å². The summed E-state index contributed by atoms with van der Waals surface area (Å²) in [6.45, 7) is 1.93. The van der Waals surface area contributed by atoms with Crippen LogP contribution in [0.25, 0.3) is 0 Å². The SMILES string of the molecule is Cc1ccc(N(Cc2nnc(SCC(=O)Nc3ccccc3C#N)n2C)S(C)(=O)=O)cc1. The van der Waals surface area contributed by atoms with Gasteiger partial charge in [0.15, 0.2) is 11.0 Å². The van der Waals surface area contributed by atoms with Crippen LogP contribution in [0.2, 0.25) is 0 Å². The molecule has 1 amide bonds. The van der Waals surface area contributed by atoms with Gasteiger partial charge in [0.1, 0.15) is 6.07 Å². The summed E-state index contributed by atoms with van der Waals surface area (Å²) in [7, 11) is -1.83. The van der Waals surface area contributed by atoms with Crippen molar-refractivity contribution in [3.8, 4) is 6.07 Å². The van der Waals surface area contributed by atoms with Gasteiger partial charge < -0.3 is 9.88 Å². The number of hydrogen-bond acceptors (Lipinski definition) is 7. The number of aryl methyl sites for hydroxylation is 1. The maximum Gasteiger partial charge on any atom is 0.234 e. The number of thioether (sulfide) groups is 1. The number of carbonyl (C=O) groups is 1. The first kappa shape index (κ1) is 23.3. The van der Waals surface area contributed by atoms with Crippen molar-refractivity contribution in [2.24, 2.45) is 7.05 Å². The topological polar surface area (TPSA) is 121 Å². The van der Waals surface area contributed by atoms with Crippen molar-refractivity contribution in [3.05, 3.63) is 65.5 Å². The third kappa shape index (κ3) is 5.66. The average molecular weight is 471 g/mol. The molecule has 3 rings (SSSR count). The minimum Gasteiger partial charge on any atom is -0.324 e. The Hall–Kier alpha value is -3.36. The van der Waals surface area contributed by atoms with Crippen LogP contribution in [0.5, 0.6) is 0 Å². The van der Waals surface area contributed by atoms with Gasteiger partial charge in [0, 0.05) is 7.05 Å². The quantitative estimate of drug-likeness (QED) is 0.502. The Kier molecular flexibility index (Phi) is 7.17. The Bertz CT molecular complexity index is 1260. The summed E-state index contributed by atoms with van der Waals surface area (Å²) >= 11 is 1.17. The van der Waals surface area contributed by atoms with E-state index >= 15 is 0 Å². The predicted octanol–water partition coefficient (Wildman–Crippen LogP) is 2.69. The maximum absolute atomic E-state index is 12.4. The summed E-state index contributed by atoms with van der Waals surface area (Å²) in [6.07, 6.45) is 1.14. The molecule has 11 heteroatoms. The van der Waals surface area contributed by atoms with Crippen molar-refractivity contribution in [3.63, 3.8) is 0 Å². The van der Waals surface area contributed by atoms with Gasteiger partial charge in [0.25, 0.3) is 0 Å². The monoisotopic (exact) mass is 470 g/mol. The summed E-state index contributed by atoms with van der Waals surface area (Å²) in [5, 5.41) is 20.5. The van der Waals surface area contributed by atoms with Crippen LogP contribution in [0.4, 0.5) is 11.4 Å². The molecule has 1 N–H and O–H groups in total. The Balaban J connectivity index is 1.69. The van der Waals surface area contributed by atoms with Crippen molar-refractivity contribution >= 4 is 39.1 Å².